The summed E-state index contributed by atoms with van der Waals surface area (Å²) in [5, 5.41) is 18.6. The monoisotopic (exact) mass is 457 g/mol. The van der Waals surface area contributed by atoms with Crippen LogP contribution in [-0.4, -0.2) is 10.8 Å². The molecule has 6 nitrogen and oxygen atoms in total. The Kier molecular flexibility index (Phi) is 6.51. The molecule has 3 aromatic carbocycles. The molecule has 33 heavy (non-hydrogen) atoms. The van der Waals surface area contributed by atoms with Gasteiger partial charge in [-0.2, -0.15) is 0 Å². The molecule has 1 aromatic heterocycles. The third kappa shape index (κ3) is 4.94. The van der Waals surface area contributed by atoms with Gasteiger partial charge in [-0.15, -0.1) is 11.3 Å². The first-order chi connectivity index (χ1) is 15.9. The third-order valence-corrected chi connectivity index (χ3v) is 6.62. The molecule has 4 aromatic rings. The number of rotatable bonds is 7. The number of carbonyl (C=O) groups is 1. The molecule has 0 aliphatic carbocycles. The summed E-state index contributed by atoms with van der Waals surface area (Å²) in [6.45, 7) is 4.06. The van der Waals surface area contributed by atoms with Crippen LogP contribution in [0, 0.1) is 24.0 Å². The molecule has 7 heteroatoms. The molecular formula is C26H23N3O3S. The average Bonchev–Trinajstić information content (AvgIpc) is 3.11. The second-order valence-corrected chi connectivity index (χ2v) is 8.87. The predicted molar refractivity (Wildman–Crippen MR) is 133 cm³/mol. The highest BCUT2D eigenvalue weighted by Gasteiger charge is 2.25. The first-order valence-corrected chi connectivity index (χ1v) is 11.3. The highest BCUT2D eigenvalue weighted by Crippen LogP contribution is 2.41. The number of aryl methyl sites for hydroxylation is 1. The maximum Gasteiger partial charge on any atom is 0.271 e. The van der Waals surface area contributed by atoms with E-state index in [0.29, 0.717) is 11.3 Å². The molecular weight excluding hydrogens is 434 g/mol. The molecule has 1 heterocycles. The Bertz CT molecular complexity index is 1290. The van der Waals surface area contributed by atoms with Crippen LogP contribution >= 0.6 is 11.3 Å². The maximum atomic E-state index is 12.9. The minimum absolute atomic E-state index is 0.0163. The van der Waals surface area contributed by atoms with Crippen molar-refractivity contribution in [1.29, 1.82) is 0 Å². The standard InChI is InChI=1S/C26H23N3O3S/c1-17-18(2)33-26(28-25(30)20-12-7-4-8-13-20)23(17)24(19-10-5-3-6-11-19)27-21-14-9-15-22(16-21)29(31)32/h3-16,24,27H,1-2H3,(H,28,30)/t24-/m0/s1. The van der Waals surface area contributed by atoms with Crippen LogP contribution in [0.2, 0.25) is 0 Å². The van der Waals surface area contributed by atoms with Crippen LogP contribution in [0.15, 0.2) is 84.9 Å². The lowest BCUT2D eigenvalue weighted by Gasteiger charge is -2.23. The molecule has 0 saturated carbocycles. The molecule has 1 amide bonds. The SMILES string of the molecule is Cc1sc(NC(=O)c2ccccc2)c([C@@H](Nc2cccc([N+](=O)[O-])c2)c2ccccc2)c1C. The Morgan fingerprint density at radius 2 is 1.61 bits per heavy atom. The average molecular weight is 458 g/mol. The van der Waals surface area contributed by atoms with E-state index in [-0.39, 0.29) is 17.6 Å². The van der Waals surface area contributed by atoms with E-state index in [1.54, 1.807) is 24.3 Å². The lowest BCUT2D eigenvalue weighted by molar-refractivity contribution is -0.384. The number of amides is 1. The number of thiophene rings is 1. The van der Waals surface area contributed by atoms with Crippen molar-refractivity contribution in [2.75, 3.05) is 10.6 Å². The minimum atomic E-state index is -0.409. The molecule has 0 fully saturated rings. The molecule has 0 radical (unpaired) electrons. The van der Waals surface area contributed by atoms with Crippen molar-refractivity contribution in [3.05, 3.63) is 122 Å². The van der Waals surface area contributed by atoms with Crippen LogP contribution < -0.4 is 10.6 Å². The van der Waals surface area contributed by atoms with Crippen LogP contribution in [0.5, 0.6) is 0 Å². The number of benzene rings is 3. The van der Waals surface area contributed by atoms with Gasteiger partial charge in [-0.3, -0.25) is 14.9 Å². The predicted octanol–water partition coefficient (Wildman–Crippen LogP) is 6.73. The number of non-ortho nitro benzene ring substituents is 1. The lowest BCUT2D eigenvalue weighted by atomic mass is 9.96. The van der Waals surface area contributed by atoms with Crippen LogP contribution in [0.3, 0.4) is 0 Å². The van der Waals surface area contributed by atoms with Gasteiger partial charge in [0, 0.05) is 33.8 Å². The van der Waals surface area contributed by atoms with E-state index < -0.39 is 4.92 Å². The number of nitrogens with one attached hydrogen (secondary N) is 2. The van der Waals surface area contributed by atoms with E-state index in [4.69, 9.17) is 0 Å². The van der Waals surface area contributed by atoms with Gasteiger partial charge >= 0.3 is 0 Å². The van der Waals surface area contributed by atoms with E-state index in [1.165, 1.54) is 23.5 Å². The highest BCUT2D eigenvalue weighted by molar-refractivity contribution is 7.16. The van der Waals surface area contributed by atoms with Gasteiger partial charge in [-0.1, -0.05) is 54.6 Å². The van der Waals surface area contributed by atoms with E-state index in [9.17, 15) is 14.9 Å². The number of hydrogen-bond acceptors (Lipinski definition) is 5. The van der Waals surface area contributed by atoms with Crippen molar-refractivity contribution in [3.8, 4) is 0 Å². The number of hydrogen-bond donors (Lipinski definition) is 2. The summed E-state index contributed by atoms with van der Waals surface area (Å²) in [5.74, 6) is -0.180. The van der Waals surface area contributed by atoms with Crippen molar-refractivity contribution >= 4 is 33.6 Å². The number of nitro benzene ring substituents is 1. The molecule has 0 saturated heterocycles. The smallest absolute Gasteiger partial charge is 0.271 e. The zero-order chi connectivity index (χ0) is 23.4. The third-order valence-electron chi connectivity index (χ3n) is 5.48. The van der Waals surface area contributed by atoms with E-state index in [2.05, 4.69) is 10.6 Å². The topological polar surface area (TPSA) is 84.3 Å². The van der Waals surface area contributed by atoms with Crippen LogP contribution in [0.4, 0.5) is 16.4 Å². The van der Waals surface area contributed by atoms with Gasteiger partial charge in [0.1, 0.15) is 5.00 Å². The Labute approximate surface area is 196 Å². The highest BCUT2D eigenvalue weighted by atomic mass is 32.1. The van der Waals surface area contributed by atoms with Gasteiger partial charge < -0.3 is 10.6 Å². The van der Waals surface area contributed by atoms with Gasteiger partial charge in [0.15, 0.2) is 0 Å². The van der Waals surface area contributed by atoms with Crippen molar-refractivity contribution in [2.45, 2.75) is 19.9 Å². The van der Waals surface area contributed by atoms with Gasteiger partial charge in [0.25, 0.3) is 11.6 Å². The normalized spacial score (nSPS) is 11.6. The Hall–Kier alpha value is -3.97. The number of anilines is 2. The second kappa shape index (κ2) is 9.67. The van der Waals surface area contributed by atoms with Crippen molar-refractivity contribution in [1.82, 2.24) is 0 Å². The molecule has 166 valence electrons. The number of nitrogens with zero attached hydrogens (tertiary/aromatic N) is 1. The Morgan fingerprint density at radius 1 is 0.939 bits per heavy atom. The van der Waals surface area contributed by atoms with Crippen LogP contribution in [-0.2, 0) is 0 Å². The van der Waals surface area contributed by atoms with E-state index >= 15 is 0 Å². The van der Waals surface area contributed by atoms with Crippen molar-refractivity contribution in [2.24, 2.45) is 0 Å². The van der Waals surface area contributed by atoms with Crippen molar-refractivity contribution < 1.29 is 9.72 Å². The molecule has 0 aliphatic heterocycles. The minimum Gasteiger partial charge on any atom is -0.374 e. The fourth-order valence-corrected chi connectivity index (χ4v) is 4.79. The van der Waals surface area contributed by atoms with Gasteiger partial charge in [-0.25, -0.2) is 0 Å². The zero-order valence-electron chi connectivity index (χ0n) is 18.2. The van der Waals surface area contributed by atoms with Crippen molar-refractivity contribution in [3.63, 3.8) is 0 Å². The lowest BCUT2D eigenvalue weighted by Crippen LogP contribution is -2.17. The fraction of sp³-hybridized carbons (Fsp3) is 0.115. The molecule has 0 bridgehead atoms. The summed E-state index contributed by atoms with van der Waals surface area (Å²) in [6, 6.07) is 25.1. The summed E-state index contributed by atoms with van der Waals surface area (Å²) in [5.41, 5.74) is 4.22. The molecule has 4 rings (SSSR count). The second-order valence-electron chi connectivity index (χ2n) is 7.64. The number of nitro groups is 1. The maximum absolute atomic E-state index is 12.9. The number of carbonyl (C=O) groups excluding carboxylic acids is 1. The first-order valence-electron chi connectivity index (χ1n) is 10.5. The Balaban J connectivity index is 1.77. The van der Waals surface area contributed by atoms with Gasteiger partial charge in [0.05, 0.1) is 11.0 Å². The summed E-state index contributed by atoms with van der Waals surface area (Å²) in [7, 11) is 0. The summed E-state index contributed by atoms with van der Waals surface area (Å²) < 4.78 is 0. The van der Waals surface area contributed by atoms with Crippen LogP contribution in [0.1, 0.15) is 38.0 Å². The van der Waals surface area contributed by atoms with E-state index in [0.717, 1.165) is 26.6 Å². The first kappa shape index (κ1) is 22.2. The molecule has 1 atom stereocenters. The van der Waals surface area contributed by atoms with Crippen LogP contribution in [0.25, 0.3) is 0 Å². The quantitative estimate of drug-likeness (QED) is 0.238. The summed E-state index contributed by atoms with van der Waals surface area (Å²) in [6.07, 6.45) is 0. The molecule has 0 unspecified atom stereocenters. The fourth-order valence-electron chi connectivity index (χ4n) is 3.69. The van der Waals surface area contributed by atoms with Gasteiger partial charge in [-0.05, 0) is 43.2 Å². The summed E-state index contributed by atoms with van der Waals surface area (Å²) in [4.78, 5) is 24.9. The molecule has 0 spiro atoms. The Morgan fingerprint density at radius 3 is 2.27 bits per heavy atom. The summed E-state index contributed by atoms with van der Waals surface area (Å²) >= 11 is 1.53. The largest absolute Gasteiger partial charge is 0.374 e. The molecule has 2 N–H and O–H groups in total. The van der Waals surface area contributed by atoms with Gasteiger partial charge in [0.2, 0.25) is 0 Å². The molecule has 0 aliphatic rings. The zero-order valence-corrected chi connectivity index (χ0v) is 19.1. The van der Waals surface area contributed by atoms with E-state index in [1.807, 2.05) is 62.4 Å².